The summed E-state index contributed by atoms with van der Waals surface area (Å²) in [6.07, 6.45) is 0.142. The van der Waals surface area contributed by atoms with Crippen LogP contribution in [0.5, 0.6) is 5.75 Å². The molecule has 6 nitrogen and oxygen atoms in total. The molecule has 0 aliphatic heterocycles. The zero-order chi connectivity index (χ0) is 20.1. The molecule has 0 saturated heterocycles. The van der Waals surface area contributed by atoms with Gasteiger partial charge in [0, 0.05) is 22.7 Å². The van der Waals surface area contributed by atoms with Crippen molar-refractivity contribution in [2.45, 2.75) is 19.4 Å². The molecule has 2 heterocycles. The number of hydrogen-bond donors (Lipinski definition) is 2. The van der Waals surface area contributed by atoms with Gasteiger partial charge in [-0.2, -0.15) is 0 Å². The smallest absolute Gasteiger partial charge is 0.228 e. The molecule has 146 valence electrons. The number of hydrogen-bond acceptors (Lipinski definition) is 6. The second-order valence-corrected chi connectivity index (χ2v) is 8.60. The molecule has 0 saturated carbocycles. The molecule has 3 aromatic rings. The maximum Gasteiger partial charge on any atom is 0.228 e. The van der Waals surface area contributed by atoms with E-state index in [0.717, 1.165) is 26.4 Å². The van der Waals surface area contributed by atoms with Crippen LogP contribution in [0.25, 0.3) is 11.3 Å². The van der Waals surface area contributed by atoms with E-state index in [1.54, 1.807) is 7.11 Å². The van der Waals surface area contributed by atoms with Crippen LogP contribution in [0, 0.1) is 0 Å². The van der Waals surface area contributed by atoms with Gasteiger partial charge in [0.1, 0.15) is 5.75 Å². The number of carbonyl (C=O) groups excluding carboxylic acids is 2. The molecule has 2 aromatic heterocycles. The fourth-order valence-electron chi connectivity index (χ4n) is 2.60. The quantitative estimate of drug-likeness (QED) is 0.507. The lowest BCUT2D eigenvalue weighted by molar-refractivity contribution is -0.120. The number of benzene rings is 1. The van der Waals surface area contributed by atoms with Gasteiger partial charge >= 0.3 is 0 Å². The minimum atomic E-state index is -0.352. The molecule has 9 heteroatoms. The number of halogens is 1. The molecule has 0 fully saturated rings. The molecule has 0 bridgehead atoms. The average Bonchev–Trinajstić information content (AvgIpc) is 3.32. The van der Waals surface area contributed by atoms with Crippen molar-refractivity contribution in [1.82, 2.24) is 10.3 Å². The Hall–Kier alpha value is -2.23. The lowest BCUT2D eigenvalue weighted by Gasteiger charge is -2.15. The van der Waals surface area contributed by atoms with Crippen LogP contribution >= 0.6 is 38.6 Å². The summed E-state index contributed by atoms with van der Waals surface area (Å²) in [4.78, 5) is 29.4. The van der Waals surface area contributed by atoms with Crippen LogP contribution in [0.3, 0.4) is 0 Å². The minimum Gasteiger partial charge on any atom is -0.496 e. The fraction of sp³-hybridized carbons (Fsp3) is 0.211. The summed E-state index contributed by atoms with van der Waals surface area (Å²) in [5, 5.41) is 9.96. The van der Waals surface area contributed by atoms with Gasteiger partial charge in [-0.05, 0) is 45.6 Å². The number of thiophene rings is 1. The highest BCUT2D eigenvalue weighted by molar-refractivity contribution is 9.10. The van der Waals surface area contributed by atoms with Crippen molar-refractivity contribution in [3.63, 3.8) is 0 Å². The first-order chi connectivity index (χ1) is 13.5. The number of thiazole rings is 1. The summed E-state index contributed by atoms with van der Waals surface area (Å²) in [6, 6.07) is 9.14. The molecule has 2 N–H and O–H groups in total. The molecule has 3 rings (SSSR count). The van der Waals surface area contributed by atoms with Crippen molar-refractivity contribution < 1.29 is 14.3 Å². The van der Waals surface area contributed by atoms with Gasteiger partial charge in [-0.25, -0.2) is 4.98 Å². The summed E-state index contributed by atoms with van der Waals surface area (Å²) >= 11 is 6.32. The van der Waals surface area contributed by atoms with Crippen molar-refractivity contribution in [1.29, 1.82) is 0 Å². The van der Waals surface area contributed by atoms with Crippen molar-refractivity contribution in [3.05, 3.63) is 50.4 Å². The van der Waals surface area contributed by atoms with Crippen molar-refractivity contribution >= 4 is 55.5 Å². The monoisotopic (exact) mass is 479 g/mol. The molecule has 0 spiro atoms. The topological polar surface area (TPSA) is 80.3 Å². The van der Waals surface area contributed by atoms with Crippen LogP contribution < -0.4 is 15.4 Å². The number of rotatable bonds is 7. The van der Waals surface area contributed by atoms with Gasteiger partial charge in [0.25, 0.3) is 0 Å². The van der Waals surface area contributed by atoms with Gasteiger partial charge in [-0.3, -0.25) is 9.59 Å². The summed E-state index contributed by atoms with van der Waals surface area (Å²) in [5.74, 6) is 0.363. The molecule has 2 amide bonds. The van der Waals surface area contributed by atoms with Crippen molar-refractivity contribution in [3.8, 4) is 17.0 Å². The normalized spacial score (nSPS) is 11.7. The number of nitrogens with zero attached hydrogens (tertiary/aromatic N) is 1. The summed E-state index contributed by atoms with van der Waals surface area (Å²) in [7, 11) is 1.61. The van der Waals surface area contributed by atoms with Crippen LogP contribution in [-0.4, -0.2) is 23.9 Å². The Balaban J connectivity index is 1.68. The second kappa shape index (κ2) is 9.31. The molecule has 28 heavy (non-hydrogen) atoms. The molecule has 1 aromatic carbocycles. The van der Waals surface area contributed by atoms with E-state index >= 15 is 0 Å². The molecular formula is C19H18BrN3O3S2. The fourth-order valence-corrected chi connectivity index (χ4v) is 4.66. The van der Waals surface area contributed by atoms with E-state index in [4.69, 9.17) is 4.74 Å². The predicted octanol–water partition coefficient (Wildman–Crippen LogP) is 4.85. The van der Waals surface area contributed by atoms with Gasteiger partial charge in [0.05, 0.1) is 29.7 Å². The second-order valence-electron chi connectivity index (χ2n) is 5.91. The van der Waals surface area contributed by atoms with Crippen LogP contribution in [0.2, 0.25) is 0 Å². The standard InChI is InChI=1S/C19H18BrN3O3S2/c1-11(24)21-14(17-4-3-7-27-17)9-18(25)23-19-22-15(10-28-19)12-5-6-16(26-2)13(20)8-12/h3-8,10,14H,9H2,1-2H3,(H,21,24)(H,22,23,25)/t14-/m0/s1. The number of aromatic nitrogens is 1. The van der Waals surface area contributed by atoms with E-state index in [1.165, 1.54) is 29.6 Å². The number of methoxy groups -OCH3 is 1. The van der Waals surface area contributed by atoms with Gasteiger partial charge in [-0.15, -0.1) is 22.7 Å². The first-order valence-electron chi connectivity index (χ1n) is 8.36. The Labute approximate surface area is 179 Å². The number of amides is 2. The SMILES string of the molecule is COc1ccc(-c2csc(NC(=O)C[C@H](NC(C)=O)c3cccs3)n2)cc1Br. The summed E-state index contributed by atoms with van der Waals surface area (Å²) < 4.78 is 6.07. The number of ether oxygens (including phenoxy) is 1. The zero-order valence-electron chi connectivity index (χ0n) is 15.2. The third-order valence-electron chi connectivity index (χ3n) is 3.85. The van der Waals surface area contributed by atoms with E-state index in [1.807, 2.05) is 41.1 Å². The molecule has 0 unspecified atom stereocenters. The third kappa shape index (κ3) is 5.18. The molecule has 0 aliphatic rings. The average molecular weight is 480 g/mol. The Morgan fingerprint density at radius 3 is 2.75 bits per heavy atom. The highest BCUT2D eigenvalue weighted by Gasteiger charge is 2.19. The Morgan fingerprint density at radius 1 is 1.29 bits per heavy atom. The largest absolute Gasteiger partial charge is 0.496 e. The summed E-state index contributed by atoms with van der Waals surface area (Å²) in [6.45, 7) is 1.44. The first-order valence-corrected chi connectivity index (χ1v) is 10.9. The van der Waals surface area contributed by atoms with Gasteiger partial charge in [0.2, 0.25) is 11.8 Å². The maximum atomic E-state index is 12.5. The van der Waals surface area contributed by atoms with Crippen LogP contribution in [0.15, 0.2) is 45.6 Å². The molecule has 0 aliphatic carbocycles. The first kappa shape index (κ1) is 20.5. The third-order valence-corrected chi connectivity index (χ3v) is 6.22. The number of carbonyl (C=O) groups is 2. The lowest BCUT2D eigenvalue weighted by Crippen LogP contribution is -2.29. The lowest BCUT2D eigenvalue weighted by atomic mass is 10.1. The molecule has 0 radical (unpaired) electrons. The van der Waals surface area contributed by atoms with Crippen molar-refractivity contribution in [2.24, 2.45) is 0 Å². The molecular weight excluding hydrogens is 462 g/mol. The van der Waals surface area contributed by atoms with E-state index in [9.17, 15) is 9.59 Å². The highest BCUT2D eigenvalue weighted by Crippen LogP contribution is 2.32. The summed E-state index contributed by atoms with van der Waals surface area (Å²) in [5.41, 5.74) is 1.68. The van der Waals surface area contributed by atoms with E-state index < -0.39 is 0 Å². The number of anilines is 1. The van der Waals surface area contributed by atoms with Crippen LogP contribution in [-0.2, 0) is 9.59 Å². The number of nitrogens with one attached hydrogen (secondary N) is 2. The van der Waals surface area contributed by atoms with Crippen LogP contribution in [0.1, 0.15) is 24.3 Å². The Kier molecular flexibility index (Phi) is 6.82. The van der Waals surface area contributed by atoms with Crippen molar-refractivity contribution in [2.75, 3.05) is 12.4 Å². The molecule has 1 atom stereocenters. The van der Waals surface area contributed by atoms with Gasteiger partial charge in [-0.1, -0.05) is 6.07 Å². The minimum absolute atomic E-state index is 0.142. The van der Waals surface area contributed by atoms with Gasteiger partial charge in [0.15, 0.2) is 5.13 Å². The maximum absolute atomic E-state index is 12.5. The Bertz CT molecular complexity index is 973. The van der Waals surface area contributed by atoms with E-state index in [0.29, 0.717) is 5.13 Å². The van der Waals surface area contributed by atoms with E-state index in [-0.39, 0.29) is 24.3 Å². The Morgan fingerprint density at radius 2 is 2.11 bits per heavy atom. The van der Waals surface area contributed by atoms with Crippen LogP contribution in [0.4, 0.5) is 5.13 Å². The van der Waals surface area contributed by atoms with Gasteiger partial charge < -0.3 is 15.4 Å². The highest BCUT2D eigenvalue weighted by atomic mass is 79.9. The van der Waals surface area contributed by atoms with E-state index in [2.05, 4.69) is 31.5 Å². The predicted molar refractivity (Wildman–Crippen MR) is 116 cm³/mol. The zero-order valence-corrected chi connectivity index (χ0v) is 18.4.